The fraction of sp³-hybridized carbons (Fsp3) is 0.300. The molecule has 0 unspecified atom stereocenters. The number of benzene rings is 2. The monoisotopic (exact) mass is 353 g/mol. The van der Waals surface area contributed by atoms with Crippen molar-refractivity contribution < 1.29 is 0 Å². The molecule has 0 spiro atoms. The lowest BCUT2D eigenvalue weighted by molar-refractivity contribution is 0.424. The second-order valence-electron chi connectivity index (χ2n) is 6.52. The van der Waals surface area contributed by atoms with E-state index < -0.39 is 0 Å². The molecule has 1 nitrogen and oxygen atoms in total. The number of nitrogens with one attached hydrogen (secondary N) is 1. The van der Waals surface area contributed by atoms with Crippen molar-refractivity contribution in [3.63, 3.8) is 0 Å². The van der Waals surface area contributed by atoms with Crippen LogP contribution in [-0.2, 0) is 0 Å². The molecule has 112 valence electrons. The van der Waals surface area contributed by atoms with Gasteiger partial charge in [-0.1, -0.05) is 52.3 Å². The SMILES string of the molecule is Cc1ccc(C)c2c1N[C@H](c1ccc(Br)cc1)[C@H]1CC=C[C@H]21. The molecule has 1 heterocycles. The van der Waals surface area contributed by atoms with Gasteiger partial charge in [0.25, 0.3) is 0 Å². The fourth-order valence-electron chi connectivity index (χ4n) is 4.04. The van der Waals surface area contributed by atoms with Gasteiger partial charge in [-0.3, -0.25) is 0 Å². The summed E-state index contributed by atoms with van der Waals surface area (Å²) in [6.07, 6.45) is 5.94. The molecule has 22 heavy (non-hydrogen) atoms. The minimum atomic E-state index is 0.390. The maximum atomic E-state index is 3.86. The molecule has 2 heteroatoms. The second kappa shape index (κ2) is 5.27. The van der Waals surface area contributed by atoms with Crippen LogP contribution in [0.2, 0.25) is 0 Å². The van der Waals surface area contributed by atoms with E-state index in [0.717, 1.165) is 10.9 Å². The van der Waals surface area contributed by atoms with Crippen molar-refractivity contribution in [2.75, 3.05) is 5.32 Å². The molecule has 1 aliphatic heterocycles. The molecule has 0 radical (unpaired) electrons. The summed E-state index contributed by atoms with van der Waals surface area (Å²) in [7, 11) is 0. The summed E-state index contributed by atoms with van der Waals surface area (Å²) in [5.41, 5.74) is 6.99. The number of hydrogen-bond donors (Lipinski definition) is 1. The quantitative estimate of drug-likeness (QED) is 0.630. The van der Waals surface area contributed by atoms with Crippen LogP contribution in [0.3, 0.4) is 0 Å². The van der Waals surface area contributed by atoms with Crippen molar-refractivity contribution in [2.45, 2.75) is 32.2 Å². The number of rotatable bonds is 1. The van der Waals surface area contributed by atoms with Crippen LogP contribution in [0.15, 0.2) is 53.0 Å². The van der Waals surface area contributed by atoms with Crippen LogP contribution in [0.1, 0.15) is 40.6 Å². The normalized spacial score (nSPS) is 25.5. The molecule has 0 amide bonds. The molecule has 0 fully saturated rings. The standard InChI is InChI=1S/C20H20BrN/c1-12-6-7-13(2)19-18(12)16-4-3-5-17(16)20(22-19)14-8-10-15(21)11-9-14/h3-4,6-11,16-17,20,22H,5H2,1-2H3/t16-,17-,20+/m0/s1. The second-order valence-corrected chi connectivity index (χ2v) is 7.43. The number of halogens is 1. The number of fused-ring (bicyclic) bond motifs is 3. The third-order valence-corrected chi connectivity index (χ3v) is 5.70. The van der Waals surface area contributed by atoms with Gasteiger partial charge in [-0.15, -0.1) is 0 Å². The Labute approximate surface area is 140 Å². The van der Waals surface area contributed by atoms with Crippen LogP contribution < -0.4 is 5.32 Å². The highest BCUT2D eigenvalue weighted by Gasteiger charge is 2.38. The third kappa shape index (κ3) is 2.13. The lowest BCUT2D eigenvalue weighted by Gasteiger charge is -2.39. The number of hydrogen-bond acceptors (Lipinski definition) is 1. The largest absolute Gasteiger partial charge is 0.377 e. The lowest BCUT2D eigenvalue weighted by Crippen LogP contribution is -2.30. The Hall–Kier alpha value is -1.54. The van der Waals surface area contributed by atoms with Gasteiger partial charge in [-0.05, 0) is 60.6 Å². The zero-order valence-corrected chi connectivity index (χ0v) is 14.5. The summed E-state index contributed by atoms with van der Waals surface area (Å²) in [4.78, 5) is 0. The first-order chi connectivity index (χ1) is 10.6. The molecule has 1 N–H and O–H groups in total. The zero-order chi connectivity index (χ0) is 15.3. The predicted molar refractivity (Wildman–Crippen MR) is 96.4 cm³/mol. The Balaban J connectivity index is 1.84. The summed E-state index contributed by atoms with van der Waals surface area (Å²) < 4.78 is 1.14. The smallest absolute Gasteiger partial charge is 0.0554 e. The topological polar surface area (TPSA) is 12.0 Å². The van der Waals surface area contributed by atoms with Crippen LogP contribution in [0.25, 0.3) is 0 Å². The van der Waals surface area contributed by atoms with Gasteiger partial charge in [-0.2, -0.15) is 0 Å². The highest BCUT2D eigenvalue weighted by Crippen LogP contribution is 2.51. The predicted octanol–water partition coefficient (Wildman–Crippen LogP) is 5.89. The maximum absolute atomic E-state index is 3.86. The fourth-order valence-corrected chi connectivity index (χ4v) is 4.31. The van der Waals surface area contributed by atoms with Crippen LogP contribution >= 0.6 is 15.9 Å². The van der Waals surface area contributed by atoms with Crippen LogP contribution in [0.5, 0.6) is 0 Å². The van der Waals surface area contributed by atoms with Gasteiger partial charge in [0.15, 0.2) is 0 Å². The molecular weight excluding hydrogens is 334 g/mol. The molecule has 0 bridgehead atoms. The van der Waals surface area contributed by atoms with Crippen molar-refractivity contribution in [1.29, 1.82) is 0 Å². The molecule has 0 saturated heterocycles. The summed E-state index contributed by atoms with van der Waals surface area (Å²) in [6, 6.07) is 13.7. The van der Waals surface area contributed by atoms with E-state index in [1.807, 2.05) is 0 Å². The number of aryl methyl sites for hydroxylation is 2. The van der Waals surface area contributed by atoms with E-state index in [1.165, 1.54) is 27.9 Å². The molecule has 2 aromatic carbocycles. The first kappa shape index (κ1) is 14.1. The first-order valence-electron chi connectivity index (χ1n) is 7.94. The van der Waals surface area contributed by atoms with E-state index in [9.17, 15) is 0 Å². The summed E-state index contributed by atoms with van der Waals surface area (Å²) in [5, 5.41) is 3.86. The summed E-state index contributed by atoms with van der Waals surface area (Å²) in [5.74, 6) is 1.17. The Morgan fingerprint density at radius 3 is 2.50 bits per heavy atom. The van der Waals surface area contributed by atoms with Gasteiger partial charge >= 0.3 is 0 Å². The molecule has 2 aromatic rings. The Bertz CT molecular complexity index is 745. The van der Waals surface area contributed by atoms with Gasteiger partial charge in [0.1, 0.15) is 0 Å². The minimum Gasteiger partial charge on any atom is -0.377 e. The van der Waals surface area contributed by atoms with Crippen LogP contribution in [0, 0.1) is 19.8 Å². The van der Waals surface area contributed by atoms with Crippen molar-refractivity contribution >= 4 is 21.6 Å². The maximum Gasteiger partial charge on any atom is 0.0554 e. The Morgan fingerprint density at radius 2 is 1.73 bits per heavy atom. The first-order valence-corrected chi connectivity index (χ1v) is 8.73. The van der Waals surface area contributed by atoms with E-state index in [-0.39, 0.29) is 0 Å². The van der Waals surface area contributed by atoms with E-state index in [1.54, 1.807) is 0 Å². The van der Waals surface area contributed by atoms with Crippen molar-refractivity contribution in [3.05, 3.63) is 75.3 Å². The van der Waals surface area contributed by atoms with Gasteiger partial charge in [-0.25, -0.2) is 0 Å². The van der Waals surface area contributed by atoms with Crippen molar-refractivity contribution in [2.24, 2.45) is 5.92 Å². The van der Waals surface area contributed by atoms with Crippen LogP contribution in [0.4, 0.5) is 5.69 Å². The van der Waals surface area contributed by atoms with Gasteiger partial charge in [0, 0.05) is 16.1 Å². The summed E-state index contributed by atoms with van der Waals surface area (Å²) in [6.45, 7) is 4.45. The number of anilines is 1. The average Bonchev–Trinajstić information content (AvgIpc) is 3.00. The van der Waals surface area contributed by atoms with Gasteiger partial charge in [0.05, 0.1) is 6.04 Å². The van der Waals surface area contributed by atoms with Crippen molar-refractivity contribution in [1.82, 2.24) is 0 Å². The van der Waals surface area contributed by atoms with Crippen molar-refractivity contribution in [3.8, 4) is 0 Å². The van der Waals surface area contributed by atoms with E-state index >= 15 is 0 Å². The average molecular weight is 354 g/mol. The molecule has 3 atom stereocenters. The minimum absolute atomic E-state index is 0.390. The van der Waals surface area contributed by atoms with E-state index in [4.69, 9.17) is 0 Å². The number of allylic oxidation sites excluding steroid dienone is 2. The lowest BCUT2D eigenvalue weighted by atomic mass is 9.75. The molecule has 1 aliphatic carbocycles. The third-order valence-electron chi connectivity index (χ3n) is 5.18. The summed E-state index contributed by atoms with van der Waals surface area (Å²) >= 11 is 3.54. The highest BCUT2D eigenvalue weighted by atomic mass is 79.9. The molecular formula is C20H20BrN. The zero-order valence-electron chi connectivity index (χ0n) is 12.9. The molecule has 0 saturated carbocycles. The van der Waals surface area contributed by atoms with Gasteiger partial charge in [0.2, 0.25) is 0 Å². The molecule has 0 aromatic heterocycles. The van der Waals surface area contributed by atoms with E-state index in [2.05, 4.69) is 83.6 Å². The molecule has 2 aliphatic rings. The Morgan fingerprint density at radius 1 is 1.00 bits per heavy atom. The van der Waals surface area contributed by atoms with Gasteiger partial charge < -0.3 is 5.32 Å². The highest BCUT2D eigenvalue weighted by molar-refractivity contribution is 9.10. The Kier molecular flexibility index (Phi) is 3.37. The van der Waals surface area contributed by atoms with E-state index in [0.29, 0.717) is 17.9 Å². The van der Waals surface area contributed by atoms with Crippen LogP contribution in [-0.4, -0.2) is 0 Å². The molecule has 4 rings (SSSR count).